The fraction of sp³-hybridized carbons (Fsp3) is 0.444. The molecule has 0 aromatic rings. The second-order valence-corrected chi connectivity index (χ2v) is 2.55. The molecule has 0 fully saturated rings. The Morgan fingerprint density at radius 2 is 2.45 bits per heavy atom. The van der Waals surface area contributed by atoms with Crippen LogP contribution in [0.2, 0.25) is 0 Å². The molecule has 11 heavy (non-hydrogen) atoms. The fourth-order valence-electron chi connectivity index (χ4n) is 0.975. The first-order valence-electron chi connectivity index (χ1n) is 3.64. The van der Waals surface area contributed by atoms with Gasteiger partial charge < -0.3 is 4.74 Å². The summed E-state index contributed by atoms with van der Waals surface area (Å²) >= 11 is 0. The van der Waals surface area contributed by atoms with E-state index >= 15 is 0 Å². The normalized spacial score (nSPS) is 29.5. The van der Waals surface area contributed by atoms with Gasteiger partial charge >= 0.3 is 0 Å². The van der Waals surface area contributed by atoms with Gasteiger partial charge in [0.05, 0.1) is 0 Å². The minimum Gasteiger partial charge on any atom is -0.363 e. The first-order valence-corrected chi connectivity index (χ1v) is 3.64. The standard InChI is InChI=1S/C9H11O2/c1-3-11-9(2)7-5-4-6-8(9)10/h5-7H,3H2,1-2H3. The van der Waals surface area contributed by atoms with E-state index in [0.29, 0.717) is 6.61 Å². The lowest BCUT2D eigenvalue weighted by Gasteiger charge is -2.24. The van der Waals surface area contributed by atoms with E-state index in [0.717, 1.165) is 0 Å². The van der Waals surface area contributed by atoms with Crippen LogP contribution in [0.15, 0.2) is 18.2 Å². The van der Waals surface area contributed by atoms with Crippen LogP contribution in [0.25, 0.3) is 0 Å². The van der Waals surface area contributed by atoms with Gasteiger partial charge in [-0.05, 0) is 32.1 Å². The minimum absolute atomic E-state index is 0.0400. The van der Waals surface area contributed by atoms with Crippen molar-refractivity contribution in [3.05, 3.63) is 24.3 Å². The number of ether oxygens (including phenoxy) is 1. The van der Waals surface area contributed by atoms with Crippen LogP contribution in [0.1, 0.15) is 13.8 Å². The van der Waals surface area contributed by atoms with Crippen LogP contribution < -0.4 is 0 Å². The molecule has 1 aliphatic rings. The van der Waals surface area contributed by atoms with Crippen molar-refractivity contribution in [1.29, 1.82) is 0 Å². The van der Waals surface area contributed by atoms with Gasteiger partial charge in [-0.15, -0.1) is 0 Å². The Balaban J connectivity index is 2.77. The second kappa shape index (κ2) is 3.01. The second-order valence-electron chi connectivity index (χ2n) is 2.55. The van der Waals surface area contributed by atoms with Crippen LogP contribution in [0.3, 0.4) is 0 Å². The molecule has 0 bridgehead atoms. The Morgan fingerprint density at radius 1 is 1.73 bits per heavy atom. The fourth-order valence-corrected chi connectivity index (χ4v) is 0.975. The predicted molar refractivity (Wildman–Crippen MR) is 42.0 cm³/mol. The van der Waals surface area contributed by atoms with E-state index in [1.165, 1.54) is 6.08 Å². The molecule has 1 radical (unpaired) electrons. The van der Waals surface area contributed by atoms with Gasteiger partial charge in [0.25, 0.3) is 0 Å². The molecule has 0 aliphatic heterocycles. The van der Waals surface area contributed by atoms with Gasteiger partial charge in [-0.2, -0.15) is 0 Å². The number of hydrogen-bond donors (Lipinski definition) is 0. The van der Waals surface area contributed by atoms with Crippen molar-refractivity contribution in [3.63, 3.8) is 0 Å². The van der Waals surface area contributed by atoms with E-state index < -0.39 is 5.60 Å². The largest absolute Gasteiger partial charge is 0.363 e. The molecule has 1 unspecified atom stereocenters. The molecule has 2 heteroatoms. The summed E-state index contributed by atoms with van der Waals surface area (Å²) in [4.78, 5) is 11.2. The topological polar surface area (TPSA) is 26.3 Å². The van der Waals surface area contributed by atoms with Crippen molar-refractivity contribution in [2.75, 3.05) is 6.61 Å². The average Bonchev–Trinajstić information content (AvgIpc) is 1.96. The highest BCUT2D eigenvalue weighted by molar-refractivity contribution is 5.99. The summed E-state index contributed by atoms with van der Waals surface area (Å²) in [7, 11) is 0. The molecule has 1 atom stereocenters. The third kappa shape index (κ3) is 1.57. The van der Waals surface area contributed by atoms with Crippen LogP contribution in [0, 0.1) is 6.08 Å². The zero-order valence-corrected chi connectivity index (χ0v) is 6.76. The molecule has 1 rings (SSSR count). The van der Waals surface area contributed by atoms with Crippen LogP contribution in [-0.2, 0) is 9.53 Å². The monoisotopic (exact) mass is 151 g/mol. The molecule has 0 aromatic heterocycles. The minimum atomic E-state index is -0.750. The van der Waals surface area contributed by atoms with E-state index in [-0.39, 0.29) is 5.78 Å². The lowest BCUT2D eigenvalue weighted by atomic mass is 9.96. The number of carbonyl (C=O) groups is 1. The van der Waals surface area contributed by atoms with E-state index in [2.05, 4.69) is 6.08 Å². The van der Waals surface area contributed by atoms with Crippen LogP contribution in [0.4, 0.5) is 0 Å². The highest BCUT2D eigenvalue weighted by Gasteiger charge is 2.29. The van der Waals surface area contributed by atoms with Crippen molar-refractivity contribution < 1.29 is 9.53 Å². The van der Waals surface area contributed by atoms with E-state index in [9.17, 15) is 4.79 Å². The first-order chi connectivity index (χ1) is 5.19. The molecule has 0 heterocycles. The molecule has 2 nitrogen and oxygen atoms in total. The lowest BCUT2D eigenvalue weighted by Crippen LogP contribution is -2.36. The van der Waals surface area contributed by atoms with Gasteiger partial charge in [-0.3, -0.25) is 4.79 Å². The quantitative estimate of drug-likeness (QED) is 0.594. The number of hydrogen-bond acceptors (Lipinski definition) is 2. The Bertz CT molecular complexity index is 216. The Labute approximate surface area is 66.5 Å². The van der Waals surface area contributed by atoms with Gasteiger partial charge in [-0.25, -0.2) is 0 Å². The van der Waals surface area contributed by atoms with E-state index in [1.54, 1.807) is 19.1 Å². The van der Waals surface area contributed by atoms with Crippen molar-refractivity contribution in [1.82, 2.24) is 0 Å². The number of rotatable bonds is 2. The first kappa shape index (κ1) is 8.21. The smallest absolute Gasteiger partial charge is 0.191 e. The lowest BCUT2D eigenvalue weighted by molar-refractivity contribution is -0.131. The Hall–Kier alpha value is -0.890. The highest BCUT2D eigenvalue weighted by Crippen LogP contribution is 2.17. The van der Waals surface area contributed by atoms with Crippen molar-refractivity contribution in [3.8, 4) is 0 Å². The zero-order chi connectivity index (χ0) is 8.32. The summed E-state index contributed by atoms with van der Waals surface area (Å²) in [5, 5.41) is 0. The molecular weight excluding hydrogens is 140 g/mol. The van der Waals surface area contributed by atoms with Crippen LogP contribution >= 0.6 is 0 Å². The zero-order valence-electron chi connectivity index (χ0n) is 6.76. The van der Waals surface area contributed by atoms with Crippen molar-refractivity contribution >= 4 is 5.78 Å². The number of carbonyl (C=O) groups excluding carboxylic acids is 1. The van der Waals surface area contributed by atoms with Crippen molar-refractivity contribution in [2.24, 2.45) is 0 Å². The summed E-state index contributed by atoms with van der Waals surface area (Å²) in [5.41, 5.74) is -0.750. The van der Waals surface area contributed by atoms with Gasteiger partial charge in [0.15, 0.2) is 5.78 Å². The Kier molecular flexibility index (Phi) is 2.25. The molecular formula is C9H11O2. The van der Waals surface area contributed by atoms with Gasteiger partial charge in [-0.1, -0.05) is 6.08 Å². The predicted octanol–water partition coefficient (Wildman–Crippen LogP) is 1.28. The summed E-state index contributed by atoms with van der Waals surface area (Å²) in [6.45, 7) is 4.17. The molecule has 0 aromatic carbocycles. The maximum Gasteiger partial charge on any atom is 0.191 e. The van der Waals surface area contributed by atoms with Crippen LogP contribution in [0.5, 0.6) is 0 Å². The number of allylic oxidation sites excluding steroid dienone is 2. The SMILES string of the molecule is CCOC1(C)C=C[C]=CC1=O. The van der Waals surface area contributed by atoms with Crippen molar-refractivity contribution in [2.45, 2.75) is 19.4 Å². The molecule has 59 valence electrons. The molecule has 0 N–H and O–H groups in total. The summed E-state index contributed by atoms with van der Waals surface area (Å²) in [6.07, 6.45) is 7.55. The molecule has 0 saturated carbocycles. The number of ketones is 1. The van der Waals surface area contributed by atoms with Gasteiger partial charge in [0, 0.05) is 6.61 Å². The Morgan fingerprint density at radius 3 is 3.00 bits per heavy atom. The average molecular weight is 151 g/mol. The summed E-state index contributed by atoms with van der Waals surface area (Å²) < 4.78 is 5.27. The summed E-state index contributed by atoms with van der Waals surface area (Å²) in [5.74, 6) is -0.0400. The molecule has 0 spiro atoms. The van der Waals surface area contributed by atoms with Gasteiger partial charge in [0.1, 0.15) is 5.60 Å². The van der Waals surface area contributed by atoms with Gasteiger partial charge in [0.2, 0.25) is 0 Å². The maximum atomic E-state index is 11.2. The van der Waals surface area contributed by atoms with E-state index in [1.807, 2.05) is 6.92 Å². The van der Waals surface area contributed by atoms with Crippen LogP contribution in [-0.4, -0.2) is 18.0 Å². The molecule has 0 saturated heterocycles. The third-order valence-corrected chi connectivity index (χ3v) is 1.65. The molecule has 0 amide bonds. The summed E-state index contributed by atoms with van der Waals surface area (Å²) in [6, 6.07) is 0. The maximum absolute atomic E-state index is 11.2. The highest BCUT2D eigenvalue weighted by atomic mass is 16.5. The van der Waals surface area contributed by atoms with E-state index in [4.69, 9.17) is 4.74 Å². The third-order valence-electron chi connectivity index (χ3n) is 1.65. The molecule has 1 aliphatic carbocycles.